The van der Waals surface area contributed by atoms with E-state index in [0.717, 1.165) is 11.5 Å². The standard InChI is InChI=1S/C5H6NO.V/c1-4-5(2)7-3-6-4;/h1-2H3;/q-1;. The monoisotopic (exact) mass is 147 g/mol. The number of rotatable bonds is 0. The van der Waals surface area contributed by atoms with Gasteiger partial charge in [-0.2, -0.15) is 0 Å². The summed E-state index contributed by atoms with van der Waals surface area (Å²) in [6.45, 7) is 3.74. The second kappa shape index (κ2) is 2.95. The Kier molecular flexibility index (Phi) is 2.87. The van der Waals surface area contributed by atoms with E-state index in [2.05, 4.69) is 11.4 Å². The SMILES string of the molecule is Cc1n[c-]oc1C.[V]. The van der Waals surface area contributed by atoms with Crippen molar-refractivity contribution in [3.8, 4) is 0 Å². The Bertz CT molecular complexity index is 145. The molecule has 1 radical (unpaired) electrons. The average molecular weight is 147 g/mol. The van der Waals surface area contributed by atoms with E-state index >= 15 is 0 Å². The third-order valence-electron chi connectivity index (χ3n) is 0.922. The van der Waals surface area contributed by atoms with Gasteiger partial charge in [-0.25, -0.2) is 0 Å². The molecule has 3 heteroatoms. The van der Waals surface area contributed by atoms with Gasteiger partial charge < -0.3 is 9.40 Å². The van der Waals surface area contributed by atoms with Crippen LogP contribution in [-0.2, 0) is 18.6 Å². The summed E-state index contributed by atoms with van der Waals surface area (Å²) in [5.74, 6) is 0.847. The van der Waals surface area contributed by atoms with Gasteiger partial charge in [0.2, 0.25) is 0 Å². The molecule has 0 saturated carbocycles. The quantitative estimate of drug-likeness (QED) is 0.513. The van der Waals surface area contributed by atoms with E-state index < -0.39 is 0 Å². The van der Waals surface area contributed by atoms with Crippen LogP contribution in [0.25, 0.3) is 0 Å². The van der Waals surface area contributed by atoms with Gasteiger partial charge in [0.25, 0.3) is 0 Å². The Hall–Kier alpha value is -0.206. The zero-order chi connectivity index (χ0) is 5.28. The fraction of sp³-hybridized carbons (Fsp3) is 0.400. The molecule has 1 rings (SSSR count). The van der Waals surface area contributed by atoms with Crippen LogP contribution in [-0.4, -0.2) is 4.98 Å². The molecular weight excluding hydrogens is 141 g/mol. The van der Waals surface area contributed by atoms with Crippen LogP contribution < -0.4 is 0 Å². The van der Waals surface area contributed by atoms with Gasteiger partial charge in [-0.05, 0) is 5.76 Å². The molecule has 1 aromatic rings. The number of aryl methyl sites for hydroxylation is 2. The minimum Gasteiger partial charge on any atom is -0.578 e. The van der Waals surface area contributed by atoms with Crippen LogP contribution >= 0.6 is 0 Å². The molecule has 0 bridgehead atoms. The molecule has 0 atom stereocenters. The van der Waals surface area contributed by atoms with Crippen molar-refractivity contribution in [2.24, 2.45) is 0 Å². The summed E-state index contributed by atoms with van der Waals surface area (Å²) < 4.78 is 4.73. The third-order valence-corrected chi connectivity index (χ3v) is 0.922. The van der Waals surface area contributed by atoms with Gasteiger partial charge in [0.05, 0.1) is 0 Å². The molecule has 0 unspecified atom stereocenters. The average Bonchev–Trinajstić information content (AvgIpc) is 1.91. The fourth-order valence-corrected chi connectivity index (χ4v) is 0.312. The molecule has 1 aromatic heterocycles. The van der Waals surface area contributed by atoms with E-state index in [9.17, 15) is 0 Å². The first-order chi connectivity index (χ1) is 3.30. The van der Waals surface area contributed by atoms with E-state index in [1.165, 1.54) is 0 Å². The molecule has 8 heavy (non-hydrogen) atoms. The molecule has 0 aromatic carbocycles. The number of nitrogens with zero attached hydrogens (tertiary/aromatic N) is 1. The van der Waals surface area contributed by atoms with Crippen molar-refractivity contribution in [3.05, 3.63) is 17.8 Å². The van der Waals surface area contributed by atoms with Gasteiger partial charge in [-0.1, -0.05) is 19.5 Å². The van der Waals surface area contributed by atoms with Crippen LogP contribution in [0, 0.1) is 20.2 Å². The molecule has 2 nitrogen and oxygen atoms in total. The maximum absolute atomic E-state index is 4.73. The molecule has 0 aliphatic carbocycles. The predicted molar refractivity (Wildman–Crippen MR) is 24.8 cm³/mol. The molecule has 0 aliphatic heterocycles. The van der Waals surface area contributed by atoms with Crippen molar-refractivity contribution in [1.82, 2.24) is 4.98 Å². The van der Waals surface area contributed by atoms with Crippen LogP contribution in [0.15, 0.2) is 4.42 Å². The van der Waals surface area contributed by atoms with Gasteiger partial charge in [0, 0.05) is 18.6 Å². The van der Waals surface area contributed by atoms with Crippen molar-refractivity contribution in [1.29, 1.82) is 0 Å². The smallest absolute Gasteiger partial charge is 0.102 e. The molecule has 0 N–H and O–H groups in total. The summed E-state index contributed by atoms with van der Waals surface area (Å²) in [7, 11) is 0. The summed E-state index contributed by atoms with van der Waals surface area (Å²) in [6.07, 6.45) is 2.37. The largest absolute Gasteiger partial charge is 0.578 e. The number of hydrogen-bond acceptors (Lipinski definition) is 2. The summed E-state index contributed by atoms with van der Waals surface area (Å²) in [5, 5.41) is 0. The molecular formula is C5H6NOV-. The summed E-state index contributed by atoms with van der Waals surface area (Å²) >= 11 is 0. The first-order valence-electron chi connectivity index (χ1n) is 2.11. The second-order valence-corrected chi connectivity index (χ2v) is 1.45. The van der Waals surface area contributed by atoms with E-state index in [1.807, 2.05) is 13.8 Å². The van der Waals surface area contributed by atoms with Crippen LogP contribution in [0.1, 0.15) is 11.5 Å². The predicted octanol–water partition coefficient (Wildman–Crippen LogP) is 1.09. The maximum atomic E-state index is 4.73. The summed E-state index contributed by atoms with van der Waals surface area (Å²) in [6, 6.07) is 0. The molecule has 0 aliphatic rings. The Morgan fingerprint density at radius 1 is 1.50 bits per heavy atom. The topological polar surface area (TPSA) is 26.0 Å². The van der Waals surface area contributed by atoms with Crippen molar-refractivity contribution < 1.29 is 23.0 Å². The van der Waals surface area contributed by atoms with E-state index in [0.29, 0.717) is 0 Å². The van der Waals surface area contributed by atoms with Gasteiger partial charge >= 0.3 is 0 Å². The second-order valence-electron chi connectivity index (χ2n) is 1.45. The van der Waals surface area contributed by atoms with Crippen molar-refractivity contribution in [3.63, 3.8) is 0 Å². The van der Waals surface area contributed by atoms with Crippen LogP contribution in [0.2, 0.25) is 0 Å². The van der Waals surface area contributed by atoms with Gasteiger partial charge in [0.1, 0.15) is 6.39 Å². The van der Waals surface area contributed by atoms with Gasteiger partial charge in [-0.3, -0.25) is 0 Å². The first kappa shape index (κ1) is 7.79. The number of hydrogen-bond donors (Lipinski definition) is 0. The van der Waals surface area contributed by atoms with Crippen molar-refractivity contribution in [2.75, 3.05) is 0 Å². The zero-order valence-corrected chi connectivity index (χ0v) is 6.20. The maximum Gasteiger partial charge on any atom is 0.102 e. The Morgan fingerprint density at radius 3 is 2.25 bits per heavy atom. The number of aromatic nitrogens is 1. The van der Waals surface area contributed by atoms with Gasteiger partial charge in [-0.15, -0.1) is 0 Å². The molecule has 43 valence electrons. The zero-order valence-electron chi connectivity index (χ0n) is 4.80. The van der Waals surface area contributed by atoms with Crippen molar-refractivity contribution in [2.45, 2.75) is 13.8 Å². The summed E-state index contributed by atoms with van der Waals surface area (Å²) in [5.41, 5.74) is 0.917. The van der Waals surface area contributed by atoms with Crippen molar-refractivity contribution >= 4 is 0 Å². The minimum absolute atomic E-state index is 0. The molecule has 0 fully saturated rings. The third kappa shape index (κ3) is 1.39. The molecule has 0 amide bonds. The Morgan fingerprint density at radius 2 is 2.12 bits per heavy atom. The van der Waals surface area contributed by atoms with E-state index in [-0.39, 0.29) is 18.6 Å². The normalized spacial score (nSPS) is 8.25. The minimum atomic E-state index is 0. The molecule has 0 saturated heterocycles. The van der Waals surface area contributed by atoms with Crippen LogP contribution in [0.5, 0.6) is 0 Å². The number of oxazole rings is 1. The van der Waals surface area contributed by atoms with Gasteiger partial charge in [0.15, 0.2) is 0 Å². The first-order valence-corrected chi connectivity index (χ1v) is 2.11. The van der Waals surface area contributed by atoms with Crippen LogP contribution in [0.3, 0.4) is 0 Å². The molecule has 0 spiro atoms. The molecule has 1 heterocycles. The Labute approximate surface area is 60.2 Å². The van der Waals surface area contributed by atoms with E-state index in [4.69, 9.17) is 4.42 Å². The Balaban J connectivity index is 0.000000490. The van der Waals surface area contributed by atoms with Crippen LogP contribution in [0.4, 0.5) is 0 Å². The van der Waals surface area contributed by atoms with E-state index in [1.54, 1.807) is 0 Å². The fourth-order valence-electron chi connectivity index (χ4n) is 0.312. The summed E-state index contributed by atoms with van der Waals surface area (Å²) in [4.78, 5) is 3.72.